The fourth-order valence-electron chi connectivity index (χ4n) is 12.4. The number of hydroxylamine groups is 1. The number of carboxylic acid groups (broad SMARTS) is 1. The zero-order valence-electron chi connectivity index (χ0n) is 45.0. The number of carboxylic acids is 1. The number of aromatic carboxylic acids is 1. The minimum atomic E-state index is -1.12. The van der Waals surface area contributed by atoms with Crippen LogP contribution >= 0.6 is 0 Å². The Balaban J connectivity index is 0.960. The molecule has 5 aromatic carbocycles. The third-order valence-corrected chi connectivity index (χ3v) is 16.0. The first-order valence-corrected chi connectivity index (χ1v) is 27.9. The van der Waals surface area contributed by atoms with Crippen molar-refractivity contribution in [2.24, 2.45) is 10.2 Å². The third kappa shape index (κ3) is 11.6. The topological polar surface area (TPSA) is 278 Å². The van der Waals surface area contributed by atoms with Crippen LogP contribution in [0.15, 0.2) is 77.0 Å². The molecule has 0 aliphatic carbocycles. The van der Waals surface area contributed by atoms with Gasteiger partial charge in [0.15, 0.2) is 0 Å². The van der Waals surface area contributed by atoms with E-state index in [2.05, 4.69) is 52.3 Å². The first-order chi connectivity index (χ1) is 38.9. The number of unbranched alkanes of at least 4 members (excludes halogenated alkanes) is 3. The first-order valence-electron chi connectivity index (χ1n) is 27.9. The SMILES string of the molecule is Cc1cc(CN(CCNC(=O)c2ccc(C(=O)O)c(C3=c4cc5c6c(c4Oc4c3cc3c7c4CCCN7CCCC3)CCC[N+]=6CCCC5)c2)C(=O)c2ccc(NC(=O)CCCCCCC(=O)NO)cc2)cc(N=[N+]=[N-])c1N=[N+]=[N-]. The molecule has 5 aliphatic heterocycles. The Hall–Kier alpha value is -8.70. The molecule has 0 spiro atoms. The number of benzene rings is 5. The second kappa shape index (κ2) is 24.5. The van der Waals surface area contributed by atoms with Gasteiger partial charge in [-0.1, -0.05) is 29.1 Å². The van der Waals surface area contributed by atoms with Crippen molar-refractivity contribution in [1.29, 1.82) is 0 Å². The second-order valence-corrected chi connectivity index (χ2v) is 21.3. The number of anilines is 2. The molecule has 0 radical (unpaired) electrons. The van der Waals surface area contributed by atoms with E-state index in [1.807, 2.05) is 0 Å². The van der Waals surface area contributed by atoms with Crippen LogP contribution in [0.5, 0.6) is 11.5 Å². The average Bonchev–Trinajstić information content (AvgIpc) is 2.61. The van der Waals surface area contributed by atoms with Crippen LogP contribution in [0.3, 0.4) is 0 Å². The molecule has 10 rings (SSSR count). The van der Waals surface area contributed by atoms with Gasteiger partial charge < -0.3 is 30.3 Å². The van der Waals surface area contributed by atoms with Crippen molar-refractivity contribution in [2.75, 3.05) is 49.5 Å². The summed E-state index contributed by atoms with van der Waals surface area (Å²) in [4.78, 5) is 76.4. The summed E-state index contributed by atoms with van der Waals surface area (Å²) in [5, 5.41) is 35.1. The van der Waals surface area contributed by atoms with Gasteiger partial charge in [-0.15, -0.1) is 0 Å². The van der Waals surface area contributed by atoms with Crippen LogP contribution in [0.25, 0.3) is 26.5 Å². The largest absolute Gasteiger partial charge is 0.478 e. The number of azide groups is 2. The minimum Gasteiger partial charge on any atom is -0.478 e. The number of ether oxygens (including phenoxy) is 1. The van der Waals surface area contributed by atoms with E-state index in [4.69, 9.17) is 9.94 Å². The van der Waals surface area contributed by atoms with Crippen molar-refractivity contribution in [1.82, 2.24) is 20.3 Å². The van der Waals surface area contributed by atoms with E-state index in [1.54, 1.807) is 54.9 Å². The van der Waals surface area contributed by atoms with Crippen LogP contribution in [0.4, 0.5) is 22.7 Å². The van der Waals surface area contributed by atoms with Gasteiger partial charge in [0.05, 0.1) is 11.1 Å². The standard InChI is InChI=1S/C60H64N12O8/c1-36-30-37(31-49(65-68-61)53(36)66-69-62)35-72(59(76)38-18-21-42(22-19-38)64-50(73)16-4-2-3-5-17-51(74)67-79)29-24-63-58(75)41-20-23-43(60(77)78)46(34-41)52-47-32-39-12-6-8-25-70-27-10-14-44(54(39)70)56(47)80-57-45-15-11-28-71-26-9-7-13-40(55(45)71)33-48(52)57/h18-23,30-34H,2-17,24-29,35H2,1H3,(H4-,63,64,67,73,74,75,76,77,78,79)/p+1. The van der Waals surface area contributed by atoms with Crippen LogP contribution in [0, 0.1) is 6.92 Å². The molecule has 5 heterocycles. The lowest BCUT2D eigenvalue weighted by molar-refractivity contribution is -0.129. The van der Waals surface area contributed by atoms with E-state index >= 15 is 0 Å². The molecule has 0 saturated carbocycles. The number of aryl methyl sites for hydroxylation is 3. The van der Waals surface area contributed by atoms with Crippen LogP contribution in [0.2, 0.25) is 0 Å². The molecule has 5 aliphatic rings. The quantitative estimate of drug-likeness (QED) is 0.00980. The Bertz CT molecular complexity index is 3570. The van der Waals surface area contributed by atoms with Gasteiger partial charge in [0.2, 0.25) is 17.2 Å². The maximum atomic E-state index is 14.6. The molecule has 0 bridgehead atoms. The van der Waals surface area contributed by atoms with Crippen molar-refractivity contribution in [3.05, 3.63) is 159 Å². The molecule has 412 valence electrons. The highest BCUT2D eigenvalue weighted by Crippen LogP contribution is 2.49. The molecule has 0 fully saturated rings. The summed E-state index contributed by atoms with van der Waals surface area (Å²) >= 11 is 0. The maximum absolute atomic E-state index is 14.6. The number of fused-ring (bicyclic) bond motifs is 4. The van der Waals surface area contributed by atoms with E-state index in [0.717, 1.165) is 142 Å². The summed E-state index contributed by atoms with van der Waals surface area (Å²) in [5.41, 5.74) is 30.7. The molecule has 0 aromatic heterocycles. The smallest absolute Gasteiger partial charge is 0.336 e. The first kappa shape index (κ1) is 54.6. The Morgan fingerprint density at radius 3 is 2.25 bits per heavy atom. The lowest BCUT2D eigenvalue weighted by Crippen LogP contribution is -2.41. The number of carbonyl (C=O) groups is 5. The van der Waals surface area contributed by atoms with Gasteiger partial charge >= 0.3 is 5.97 Å². The van der Waals surface area contributed by atoms with Gasteiger partial charge in [-0.2, -0.15) is 0 Å². The third-order valence-electron chi connectivity index (χ3n) is 16.0. The van der Waals surface area contributed by atoms with Gasteiger partial charge in [-0.3, -0.25) is 24.4 Å². The van der Waals surface area contributed by atoms with Gasteiger partial charge in [0, 0.05) is 130 Å². The average molecular weight is 1080 g/mol. The van der Waals surface area contributed by atoms with Gasteiger partial charge in [-0.05, 0) is 165 Å². The lowest BCUT2D eigenvalue weighted by Gasteiger charge is -2.35. The van der Waals surface area contributed by atoms with Crippen molar-refractivity contribution in [2.45, 2.75) is 116 Å². The Kier molecular flexibility index (Phi) is 16.8. The molecule has 5 N–H and O–H groups in total. The lowest BCUT2D eigenvalue weighted by atomic mass is 9.82. The summed E-state index contributed by atoms with van der Waals surface area (Å²) in [7, 11) is 0. The predicted molar refractivity (Wildman–Crippen MR) is 301 cm³/mol. The molecule has 0 atom stereocenters. The van der Waals surface area contributed by atoms with Gasteiger partial charge in [0.25, 0.3) is 11.8 Å². The Labute approximate surface area is 462 Å². The number of nitrogens with one attached hydrogen (secondary N) is 3. The molecule has 80 heavy (non-hydrogen) atoms. The molecule has 20 heteroatoms. The van der Waals surface area contributed by atoms with E-state index in [9.17, 15) is 40.1 Å². The van der Waals surface area contributed by atoms with Crippen LogP contribution in [-0.2, 0) is 41.8 Å². The van der Waals surface area contributed by atoms with Crippen molar-refractivity contribution < 1.29 is 39.0 Å². The van der Waals surface area contributed by atoms with Gasteiger partial charge in [-0.25, -0.2) is 14.9 Å². The van der Waals surface area contributed by atoms with Crippen molar-refractivity contribution in [3.8, 4) is 11.5 Å². The number of hydrogen-bond acceptors (Lipinski definition) is 10. The summed E-state index contributed by atoms with van der Waals surface area (Å²) in [6, 6.07) is 18.9. The van der Waals surface area contributed by atoms with Crippen LogP contribution < -0.4 is 40.9 Å². The fourth-order valence-corrected chi connectivity index (χ4v) is 12.4. The summed E-state index contributed by atoms with van der Waals surface area (Å²) in [5.74, 6) is -1.11. The zero-order valence-corrected chi connectivity index (χ0v) is 45.0. The number of amides is 4. The summed E-state index contributed by atoms with van der Waals surface area (Å²) in [6.07, 6.45) is 12.8. The molecule has 0 unspecified atom stereocenters. The molecule has 0 saturated heterocycles. The number of hydrogen-bond donors (Lipinski definition) is 5. The van der Waals surface area contributed by atoms with Gasteiger partial charge in [0.1, 0.15) is 24.6 Å². The van der Waals surface area contributed by atoms with Crippen molar-refractivity contribution in [3.63, 3.8) is 0 Å². The highest BCUT2D eigenvalue weighted by atomic mass is 16.5. The normalized spacial score (nSPS) is 14.7. The molecule has 20 nitrogen and oxygen atoms in total. The van der Waals surface area contributed by atoms with E-state index in [-0.39, 0.29) is 60.9 Å². The van der Waals surface area contributed by atoms with E-state index in [0.29, 0.717) is 40.8 Å². The van der Waals surface area contributed by atoms with Crippen LogP contribution in [-0.4, -0.2) is 84.1 Å². The second-order valence-electron chi connectivity index (χ2n) is 21.3. The number of carbonyl (C=O) groups excluding carboxylic acids is 4. The maximum Gasteiger partial charge on any atom is 0.336 e. The minimum absolute atomic E-state index is 0.00702. The Morgan fingerprint density at radius 1 is 0.750 bits per heavy atom. The predicted octanol–water partition coefficient (Wildman–Crippen LogP) is 9.65. The molecule has 5 aromatic rings. The highest BCUT2D eigenvalue weighted by Gasteiger charge is 2.36. The van der Waals surface area contributed by atoms with E-state index in [1.165, 1.54) is 39.2 Å². The monoisotopic (exact) mass is 1080 g/mol. The molecule has 4 amide bonds. The number of nitrogens with zero attached hydrogens (tertiary/aromatic N) is 9. The Morgan fingerprint density at radius 2 is 1.48 bits per heavy atom. The summed E-state index contributed by atoms with van der Waals surface area (Å²) in [6.45, 7) is 5.59. The molecular formula is C60H65N12O8+. The molecular weight excluding hydrogens is 1020 g/mol. The fraction of sp³-hybridized carbons (Fsp3) is 0.400. The van der Waals surface area contributed by atoms with Crippen LogP contribution in [0.1, 0.15) is 153 Å². The van der Waals surface area contributed by atoms with Crippen molar-refractivity contribution >= 4 is 57.9 Å². The summed E-state index contributed by atoms with van der Waals surface area (Å²) < 4.78 is 9.80. The highest BCUT2D eigenvalue weighted by molar-refractivity contribution is 6.03. The zero-order chi connectivity index (χ0) is 55.9. The van der Waals surface area contributed by atoms with E-state index < -0.39 is 23.7 Å². The number of rotatable bonds is 19.